The monoisotopic (exact) mass is 214 g/mol. The van der Waals surface area contributed by atoms with Gasteiger partial charge in [0.25, 0.3) is 0 Å². The van der Waals surface area contributed by atoms with Crippen molar-refractivity contribution in [1.29, 1.82) is 5.26 Å². The lowest BCUT2D eigenvalue weighted by Gasteiger charge is -2.46. The molecule has 0 spiro atoms. The molecule has 0 bridgehead atoms. The van der Waals surface area contributed by atoms with E-state index in [1.807, 2.05) is 6.07 Å². The Hall–Kier alpha value is -1.33. The Labute approximate surface area is 97.5 Å². The van der Waals surface area contributed by atoms with Crippen LogP contribution in [-0.4, -0.2) is 17.5 Å². The van der Waals surface area contributed by atoms with Crippen LogP contribution in [0.15, 0.2) is 30.3 Å². The maximum Gasteiger partial charge on any atom is 0.102 e. The molecule has 2 rings (SSSR count). The lowest BCUT2D eigenvalue weighted by atomic mass is 9.80. The Kier molecular flexibility index (Phi) is 3.26. The van der Waals surface area contributed by atoms with E-state index in [4.69, 9.17) is 5.26 Å². The van der Waals surface area contributed by atoms with E-state index in [1.165, 1.54) is 5.56 Å². The number of hydrogen-bond donors (Lipinski definition) is 0. The molecule has 2 nitrogen and oxygen atoms in total. The molecule has 2 heteroatoms. The van der Waals surface area contributed by atoms with Crippen LogP contribution in [0, 0.1) is 23.2 Å². The summed E-state index contributed by atoms with van der Waals surface area (Å²) in [6.07, 6.45) is 0. The Morgan fingerprint density at radius 3 is 2.62 bits per heavy atom. The topological polar surface area (TPSA) is 27.0 Å². The van der Waals surface area contributed by atoms with Crippen LogP contribution in [0.4, 0.5) is 0 Å². The largest absolute Gasteiger partial charge is 0.283 e. The molecule has 0 unspecified atom stereocenters. The average molecular weight is 214 g/mol. The first-order valence-electron chi connectivity index (χ1n) is 5.90. The Bertz CT molecular complexity index is 377. The molecule has 0 aliphatic carbocycles. The number of nitriles is 1. The molecule has 84 valence electrons. The van der Waals surface area contributed by atoms with Crippen LogP contribution >= 0.6 is 0 Å². The molecule has 1 aliphatic rings. The van der Waals surface area contributed by atoms with Gasteiger partial charge in [-0.2, -0.15) is 5.26 Å². The molecule has 0 amide bonds. The van der Waals surface area contributed by atoms with Gasteiger partial charge in [-0.05, 0) is 11.5 Å². The van der Waals surface area contributed by atoms with Crippen molar-refractivity contribution in [3.05, 3.63) is 35.9 Å². The van der Waals surface area contributed by atoms with Crippen molar-refractivity contribution in [3.63, 3.8) is 0 Å². The third-order valence-electron chi connectivity index (χ3n) is 3.46. The summed E-state index contributed by atoms with van der Waals surface area (Å²) >= 11 is 0. The van der Waals surface area contributed by atoms with Gasteiger partial charge in [0, 0.05) is 19.0 Å². The van der Waals surface area contributed by atoms with Gasteiger partial charge in [0.2, 0.25) is 0 Å². The van der Waals surface area contributed by atoms with E-state index in [1.54, 1.807) is 0 Å². The van der Waals surface area contributed by atoms with Crippen LogP contribution < -0.4 is 0 Å². The zero-order valence-electron chi connectivity index (χ0n) is 9.93. The number of benzene rings is 1. The predicted molar refractivity (Wildman–Crippen MR) is 64.6 cm³/mol. The Balaban J connectivity index is 1.97. The number of nitrogens with zero attached hydrogens (tertiary/aromatic N) is 2. The lowest BCUT2D eigenvalue weighted by Crippen LogP contribution is -2.56. The van der Waals surface area contributed by atoms with E-state index in [0.29, 0.717) is 11.8 Å². The van der Waals surface area contributed by atoms with Crippen molar-refractivity contribution in [2.45, 2.75) is 26.4 Å². The second-order valence-corrected chi connectivity index (χ2v) is 4.90. The lowest BCUT2D eigenvalue weighted by molar-refractivity contribution is 0.0158. The van der Waals surface area contributed by atoms with Crippen molar-refractivity contribution >= 4 is 0 Å². The summed E-state index contributed by atoms with van der Waals surface area (Å²) in [5, 5.41) is 9.16. The third kappa shape index (κ3) is 2.10. The second kappa shape index (κ2) is 4.67. The molecule has 0 radical (unpaired) electrons. The van der Waals surface area contributed by atoms with Crippen LogP contribution in [0.3, 0.4) is 0 Å². The highest BCUT2D eigenvalue weighted by atomic mass is 15.2. The molecule has 1 heterocycles. The van der Waals surface area contributed by atoms with E-state index in [9.17, 15) is 0 Å². The van der Waals surface area contributed by atoms with Gasteiger partial charge in [0.15, 0.2) is 0 Å². The van der Waals surface area contributed by atoms with Gasteiger partial charge in [-0.25, -0.2) is 0 Å². The van der Waals surface area contributed by atoms with Gasteiger partial charge < -0.3 is 0 Å². The summed E-state index contributed by atoms with van der Waals surface area (Å²) in [6.45, 7) is 6.37. The fraction of sp³-hybridized carbons (Fsp3) is 0.500. The van der Waals surface area contributed by atoms with Gasteiger partial charge in [-0.15, -0.1) is 0 Å². The Morgan fingerprint density at radius 2 is 2.06 bits per heavy atom. The molecule has 1 aromatic carbocycles. The molecular weight excluding hydrogens is 196 g/mol. The van der Waals surface area contributed by atoms with E-state index in [-0.39, 0.29) is 6.04 Å². The number of likely N-dealkylation sites (tertiary alicyclic amines) is 1. The minimum atomic E-state index is 0.111. The van der Waals surface area contributed by atoms with Gasteiger partial charge in [-0.1, -0.05) is 44.2 Å². The van der Waals surface area contributed by atoms with Crippen LogP contribution in [-0.2, 0) is 6.54 Å². The van der Waals surface area contributed by atoms with Crippen LogP contribution in [0.5, 0.6) is 0 Å². The van der Waals surface area contributed by atoms with Crippen molar-refractivity contribution in [2.75, 3.05) is 6.54 Å². The maximum atomic E-state index is 9.16. The molecule has 1 aromatic rings. The van der Waals surface area contributed by atoms with Crippen molar-refractivity contribution in [3.8, 4) is 6.07 Å². The first kappa shape index (κ1) is 11.2. The second-order valence-electron chi connectivity index (χ2n) is 4.90. The molecular formula is C14H18N2. The van der Waals surface area contributed by atoms with Crippen LogP contribution in [0.25, 0.3) is 0 Å². The van der Waals surface area contributed by atoms with Gasteiger partial charge in [0.05, 0.1) is 6.07 Å². The highest BCUT2D eigenvalue weighted by molar-refractivity contribution is 5.17. The van der Waals surface area contributed by atoms with Crippen molar-refractivity contribution in [2.24, 2.45) is 11.8 Å². The summed E-state index contributed by atoms with van der Waals surface area (Å²) in [6, 6.07) is 12.9. The first-order chi connectivity index (χ1) is 7.72. The molecule has 0 N–H and O–H groups in total. The normalized spacial score (nSPS) is 25.1. The summed E-state index contributed by atoms with van der Waals surface area (Å²) in [7, 11) is 0. The first-order valence-corrected chi connectivity index (χ1v) is 5.90. The molecule has 16 heavy (non-hydrogen) atoms. The smallest absolute Gasteiger partial charge is 0.102 e. The highest BCUT2D eigenvalue weighted by Gasteiger charge is 2.40. The third-order valence-corrected chi connectivity index (χ3v) is 3.46. The highest BCUT2D eigenvalue weighted by Crippen LogP contribution is 2.31. The van der Waals surface area contributed by atoms with Crippen molar-refractivity contribution in [1.82, 2.24) is 4.90 Å². The van der Waals surface area contributed by atoms with Gasteiger partial charge in [-0.3, -0.25) is 4.90 Å². The Morgan fingerprint density at radius 1 is 1.38 bits per heavy atom. The minimum absolute atomic E-state index is 0.111. The van der Waals surface area contributed by atoms with E-state index in [0.717, 1.165) is 13.1 Å². The molecule has 1 fully saturated rings. The standard InChI is InChI=1S/C14H18N2/c1-11(2)13-10-16(14(13)8-15)9-12-6-4-3-5-7-12/h3-7,11,13-14H,9-10H2,1-2H3/t13-,14+/m1/s1. The summed E-state index contributed by atoms with van der Waals surface area (Å²) in [5.41, 5.74) is 1.30. The molecule has 1 aliphatic heterocycles. The number of rotatable bonds is 3. The minimum Gasteiger partial charge on any atom is -0.283 e. The van der Waals surface area contributed by atoms with Crippen molar-refractivity contribution < 1.29 is 0 Å². The summed E-state index contributed by atoms with van der Waals surface area (Å²) < 4.78 is 0. The predicted octanol–water partition coefficient (Wildman–Crippen LogP) is 2.67. The zero-order valence-corrected chi connectivity index (χ0v) is 9.93. The average Bonchev–Trinajstić information content (AvgIpc) is 2.25. The number of hydrogen-bond acceptors (Lipinski definition) is 2. The molecule has 2 atom stereocenters. The van der Waals surface area contributed by atoms with E-state index < -0.39 is 0 Å². The van der Waals surface area contributed by atoms with Gasteiger partial charge >= 0.3 is 0 Å². The quantitative estimate of drug-likeness (QED) is 0.773. The van der Waals surface area contributed by atoms with Crippen LogP contribution in [0.1, 0.15) is 19.4 Å². The van der Waals surface area contributed by atoms with Crippen LogP contribution in [0.2, 0.25) is 0 Å². The maximum absolute atomic E-state index is 9.16. The van der Waals surface area contributed by atoms with E-state index >= 15 is 0 Å². The molecule has 1 saturated heterocycles. The fourth-order valence-electron chi connectivity index (χ4n) is 2.35. The molecule has 0 saturated carbocycles. The fourth-order valence-corrected chi connectivity index (χ4v) is 2.35. The summed E-state index contributed by atoms with van der Waals surface area (Å²) in [5.74, 6) is 1.16. The summed E-state index contributed by atoms with van der Waals surface area (Å²) in [4.78, 5) is 2.26. The van der Waals surface area contributed by atoms with Gasteiger partial charge in [0.1, 0.15) is 6.04 Å². The zero-order chi connectivity index (χ0) is 11.5. The molecule has 0 aromatic heterocycles. The SMILES string of the molecule is CC(C)[C@H]1CN(Cc2ccccc2)[C@H]1C#N. The van der Waals surface area contributed by atoms with E-state index in [2.05, 4.69) is 49.1 Å².